The first-order valence-electron chi connectivity index (χ1n) is 6.41. The van der Waals surface area contributed by atoms with E-state index < -0.39 is 5.60 Å². The lowest BCUT2D eigenvalue weighted by Crippen LogP contribution is -2.34. The number of methoxy groups -OCH3 is 1. The zero-order chi connectivity index (χ0) is 14.5. The smallest absolute Gasteiger partial charge is 0.179 e. The van der Waals surface area contributed by atoms with Crippen LogP contribution in [0.1, 0.15) is 32.3 Å². The lowest BCUT2D eigenvalue weighted by Gasteiger charge is -2.26. The topological polar surface area (TPSA) is 64.7 Å². The Hall–Kier alpha value is -0.970. The summed E-state index contributed by atoms with van der Waals surface area (Å²) in [5.74, 6) is 0.976. The van der Waals surface area contributed by atoms with Gasteiger partial charge in [-0.05, 0) is 30.5 Å². The highest BCUT2D eigenvalue weighted by Crippen LogP contribution is 2.37. The highest BCUT2D eigenvalue weighted by molar-refractivity contribution is 6.32. The van der Waals surface area contributed by atoms with Crippen LogP contribution in [0.3, 0.4) is 0 Å². The van der Waals surface area contributed by atoms with Gasteiger partial charge in [0.05, 0.1) is 17.7 Å². The number of ether oxygens (including phenoxy) is 2. The Morgan fingerprint density at radius 2 is 1.95 bits per heavy atom. The zero-order valence-corrected chi connectivity index (χ0v) is 12.5. The van der Waals surface area contributed by atoms with Gasteiger partial charge in [-0.3, -0.25) is 0 Å². The molecular weight excluding hydrogens is 266 g/mol. The van der Waals surface area contributed by atoms with E-state index in [1.165, 1.54) is 0 Å². The summed E-state index contributed by atoms with van der Waals surface area (Å²) in [6.07, 6.45) is 1.23. The Morgan fingerprint density at radius 1 is 1.32 bits per heavy atom. The first kappa shape index (κ1) is 16.1. The van der Waals surface area contributed by atoms with Crippen molar-refractivity contribution in [3.63, 3.8) is 0 Å². The van der Waals surface area contributed by atoms with Crippen LogP contribution in [-0.4, -0.2) is 24.4 Å². The molecule has 0 aliphatic rings. The summed E-state index contributed by atoms with van der Waals surface area (Å²) in [5.41, 5.74) is 5.61. The van der Waals surface area contributed by atoms with E-state index in [9.17, 15) is 5.11 Å². The minimum atomic E-state index is -0.846. The van der Waals surface area contributed by atoms with Gasteiger partial charge >= 0.3 is 0 Å². The van der Waals surface area contributed by atoms with E-state index in [-0.39, 0.29) is 6.61 Å². The van der Waals surface area contributed by atoms with Gasteiger partial charge in [0.25, 0.3) is 0 Å². The van der Waals surface area contributed by atoms with Gasteiger partial charge < -0.3 is 20.3 Å². The van der Waals surface area contributed by atoms with Crippen LogP contribution in [0.2, 0.25) is 5.02 Å². The fraction of sp³-hybridized carbons (Fsp3) is 0.571. The van der Waals surface area contributed by atoms with Crippen molar-refractivity contribution < 1.29 is 14.6 Å². The van der Waals surface area contributed by atoms with E-state index in [0.29, 0.717) is 35.9 Å². The molecule has 0 unspecified atom stereocenters. The Morgan fingerprint density at radius 3 is 2.42 bits per heavy atom. The molecule has 0 amide bonds. The van der Waals surface area contributed by atoms with E-state index in [4.69, 9.17) is 26.8 Å². The van der Waals surface area contributed by atoms with E-state index in [1.807, 2.05) is 13.8 Å². The molecule has 0 heterocycles. The number of rotatable bonds is 7. The molecule has 19 heavy (non-hydrogen) atoms. The van der Waals surface area contributed by atoms with Crippen LogP contribution in [0, 0.1) is 0 Å². The van der Waals surface area contributed by atoms with Crippen molar-refractivity contribution in [3.05, 3.63) is 22.7 Å². The van der Waals surface area contributed by atoms with E-state index in [2.05, 4.69) is 0 Å². The Labute approximate surface area is 119 Å². The molecule has 0 radical (unpaired) electrons. The predicted molar refractivity (Wildman–Crippen MR) is 76.9 cm³/mol. The number of hydrogen-bond donors (Lipinski definition) is 2. The molecule has 108 valence electrons. The van der Waals surface area contributed by atoms with Crippen LogP contribution >= 0.6 is 11.6 Å². The molecule has 1 rings (SSSR count). The quantitative estimate of drug-likeness (QED) is 0.809. The van der Waals surface area contributed by atoms with Crippen LogP contribution in [0.4, 0.5) is 0 Å². The van der Waals surface area contributed by atoms with Crippen LogP contribution in [0.25, 0.3) is 0 Å². The lowest BCUT2D eigenvalue weighted by atomic mass is 9.99. The molecule has 0 aliphatic carbocycles. The summed E-state index contributed by atoms with van der Waals surface area (Å²) < 4.78 is 10.9. The number of aliphatic hydroxyl groups is 1. The van der Waals surface area contributed by atoms with Crippen molar-refractivity contribution in [1.29, 1.82) is 0 Å². The van der Waals surface area contributed by atoms with Crippen LogP contribution < -0.4 is 15.2 Å². The second kappa shape index (κ2) is 6.98. The molecule has 1 aromatic carbocycles. The fourth-order valence-electron chi connectivity index (χ4n) is 1.69. The molecule has 0 saturated heterocycles. The zero-order valence-electron chi connectivity index (χ0n) is 11.7. The summed E-state index contributed by atoms with van der Waals surface area (Å²) in [7, 11) is 1.55. The van der Waals surface area contributed by atoms with Gasteiger partial charge in [0, 0.05) is 6.54 Å². The molecule has 1 aromatic rings. The first-order valence-corrected chi connectivity index (χ1v) is 6.79. The van der Waals surface area contributed by atoms with Gasteiger partial charge in [0.1, 0.15) is 6.61 Å². The molecule has 0 saturated carbocycles. The number of benzene rings is 1. The molecule has 0 bridgehead atoms. The highest BCUT2D eigenvalue weighted by Gasteiger charge is 2.24. The molecule has 0 atom stereocenters. The molecule has 4 nitrogen and oxygen atoms in total. The van der Waals surface area contributed by atoms with E-state index >= 15 is 0 Å². The second-order valence-corrected chi connectivity index (χ2v) is 4.94. The maximum atomic E-state index is 10.2. The third kappa shape index (κ3) is 4.00. The van der Waals surface area contributed by atoms with Crippen LogP contribution in [0.15, 0.2) is 12.1 Å². The Bertz CT molecular complexity index is 419. The third-order valence-electron chi connectivity index (χ3n) is 3.33. The summed E-state index contributed by atoms with van der Waals surface area (Å²) in [6.45, 7) is 4.40. The molecular formula is C14H22ClNO3. The van der Waals surface area contributed by atoms with Crippen molar-refractivity contribution in [3.8, 4) is 11.5 Å². The van der Waals surface area contributed by atoms with Crippen molar-refractivity contribution in [1.82, 2.24) is 0 Å². The van der Waals surface area contributed by atoms with E-state index in [0.717, 1.165) is 5.56 Å². The monoisotopic (exact) mass is 287 g/mol. The average molecular weight is 288 g/mol. The summed E-state index contributed by atoms with van der Waals surface area (Å²) in [4.78, 5) is 0. The standard InChI is InChI=1S/C14H22ClNO3/c1-4-14(17,5-2)9-19-13-11(15)6-10(8-16)7-12(13)18-3/h6-7,17H,4-5,8-9,16H2,1-3H3. The van der Waals surface area contributed by atoms with Gasteiger partial charge in [0.2, 0.25) is 0 Å². The van der Waals surface area contributed by atoms with Crippen LogP contribution in [0.5, 0.6) is 11.5 Å². The molecule has 0 aliphatic heterocycles. The van der Waals surface area contributed by atoms with Crippen molar-refractivity contribution >= 4 is 11.6 Å². The molecule has 3 N–H and O–H groups in total. The largest absolute Gasteiger partial charge is 0.493 e. The minimum absolute atomic E-state index is 0.179. The van der Waals surface area contributed by atoms with Gasteiger partial charge in [-0.1, -0.05) is 25.4 Å². The van der Waals surface area contributed by atoms with Gasteiger partial charge in [-0.2, -0.15) is 0 Å². The number of halogens is 1. The molecule has 0 spiro atoms. The molecule has 0 fully saturated rings. The SMILES string of the molecule is CCC(O)(CC)COc1c(Cl)cc(CN)cc1OC. The second-order valence-electron chi connectivity index (χ2n) is 4.53. The van der Waals surface area contributed by atoms with Crippen molar-refractivity contribution in [2.45, 2.75) is 38.8 Å². The maximum absolute atomic E-state index is 10.2. The third-order valence-corrected chi connectivity index (χ3v) is 3.61. The molecule has 0 aromatic heterocycles. The average Bonchev–Trinajstić information content (AvgIpc) is 2.44. The maximum Gasteiger partial charge on any atom is 0.179 e. The summed E-state index contributed by atoms with van der Waals surface area (Å²) in [5, 5.41) is 10.7. The summed E-state index contributed by atoms with van der Waals surface area (Å²) >= 11 is 6.17. The number of nitrogens with two attached hydrogens (primary N) is 1. The normalized spacial score (nSPS) is 11.5. The van der Waals surface area contributed by atoms with Gasteiger partial charge in [-0.25, -0.2) is 0 Å². The van der Waals surface area contributed by atoms with Crippen molar-refractivity contribution in [2.75, 3.05) is 13.7 Å². The van der Waals surface area contributed by atoms with Gasteiger partial charge in [-0.15, -0.1) is 0 Å². The Balaban J connectivity index is 2.94. The number of hydrogen-bond acceptors (Lipinski definition) is 4. The predicted octanol–water partition coefficient (Wildman–Crippen LogP) is 2.74. The van der Waals surface area contributed by atoms with Gasteiger partial charge in [0.15, 0.2) is 11.5 Å². The minimum Gasteiger partial charge on any atom is -0.493 e. The fourth-order valence-corrected chi connectivity index (χ4v) is 1.98. The first-order chi connectivity index (χ1) is 8.99. The van der Waals surface area contributed by atoms with Crippen LogP contribution in [-0.2, 0) is 6.54 Å². The Kier molecular flexibility index (Phi) is 5.91. The van der Waals surface area contributed by atoms with E-state index in [1.54, 1.807) is 19.2 Å². The van der Waals surface area contributed by atoms with Crippen molar-refractivity contribution in [2.24, 2.45) is 5.73 Å². The highest BCUT2D eigenvalue weighted by atomic mass is 35.5. The summed E-state index contributed by atoms with van der Waals surface area (Å²) in [6, 6.07) is 3.54. The molecule has 5 heteroatoms. The lowest BCUT2D eigenvalue weighted by molar-refractivity contribution is -0.0119.